The lowest BCUT2D eigenvalue weighted by Crippen LogP contribution is -2.35. The van der Waals surface area contributed by atoms with Crippen molar-refractivity contribution in [3.8, 4) is 0 Å². The molecule has 3 atom stereocenters. The highest BCUT2D eigenvalue weighted by Gasteiger charge is 2.24. The molecule has 1 fully saturated rings. The van der Waals surface area contributed by atoms with E-state index in [2.05, 4.69) is 13.0 Å². The Morgan fingerprint density at radius 1 is 1.35 bits per heavy atom. The first-order chi connectivity index (χ1) is 8.16. The van der Waals surface area contributed by atoms with Crippen molar-refractivity contribution in [3.63, 3.8) is 0 Å². The third-order valence-corrected chi connectivity index (χ3v) is 4.36. The van der Waals surface area contributed by atoms with Crippen molar-refractivity contribution in [2.24, 2.45) is 17.6 Å². The van der Waals surface area contributed by atoms with E-state index in [9.17, 15) is 0 Å². The van der Waals surface area contributed by atoms with Crippen LogP contribution in [-0.2, 0) is 6.42 Å². The van der Waals surface area contributed by atoms with Gasteiger partial charge in [0.2, 0.25) is 0 Å². The number of benzene rings is 1. The van der Waals surface area contributed by atoms with Gasteiger partial charge in [0.15, 0.2) is 0 Å². The van der Waals surface area contributed by atoms with Crippen molar-refractivity contribution in [2.75, 3.05) is 0 Å². The smallest absolute Gasteiger partial charge is 0.0438 e. The van der Waals surface area contributed by atoms with Crippen LogP contribution in [0.4, 0.5) is 0 Å². The molecule has 1 nitrogen and oxygen atoms in total. The molecule has 0 amide bonds. The fraction of sp³-hybridized carbons (Fsp3) is 0.600. The number of nitrogens with two attached hydrogens (primary N) is 1. The van der Waals surface area contributed by atoms with Gasteiger partial charge < -0.3 is 5.73 Å². The van der Waals surface area contributed by atoms with E-state index < -0.39 is 0 Å². The molecule has 0 aromatic heterocycles. The second kappa shape index (κ2) is 5.88. The molecule has 0 spiro atoms. The molecule has 17 heavy (non-hydrogen) atoms. The Labute approximate surface area is 109 Å². The van der Waals surface area contributed by atoms with E-state index in [1.807, 2.05) is 18.2 Å². The van der Waals surface area contributed by atoms with Gasteiger partial charge in [0.05, 0.1) is 0 Å². The zero-order valence-electron chi connectivity index (χ0n) is 10.5. The molecule has 0 aliphatic heterocycles. The van der Waals surface area contributed by atoms with E-state index >= 15 is 0 Å². The molecule has 2 heteroatoms. The molecule has 94 valence electrons. The molecule has 1 aliphatic rings. The van der Waals surface area contributed by atoms with E-state index in [1.54, 1.807) is 0 Å². The first-order valence-corrected chi connectivity index (χ1v) is 7.03. The maximum atomic E-state index is 6.35. The first kappa shape index (κ1) is 12.9. The molecule has 2 rings (SSSR count). The van der Waals surface area contributed by atoms with Crippen molar-refractivity contribution in [2.45, 2.75) is 45.1 Å². The Kier molecular flexibility index (Phi) is 4.47. The van der Waals surface area contributed by atoms with Gasteiger partial charge in [-0.1, -0.05) is 49.6 Å². The number of hydrogen-bond acceptors (Lipinski definition) is 1. The Morgan fingerprint density at radius 3 is 2.82 bits per heavy atom. The summed E-state index contributed by atoms with van der Waals surface area (Å²) in [5.74, 6) is 1.51. The van der Waals surface area contributed by atoms with Gasteiger partial charge in [-0.3, -0.25) is 0 Å². The first-order valence-electron chi connectivity index (χ1n) is 6.66. The summed E-state index contributed by atoms with van der Waals surface area (Å²) in [7, 11) is 0. The molecule has 0 radical (unpaired) electrons. The lowest BCUT2D eigenvalue weighted by molar-refractivity contribution is 0.245. The minimum Gasteiger partial charge on any atom is -0.327 e. The summed E-state index contributed by atoms with van der Waals surface area (Å²) >= 11 is 6.18. The van der Waals surface area contributed by atoms with Crippen LogP contribution in [0, 0.1) is 11.8 Å². The van der Waals surface area contributed by atoms with Crippen LogP contribution >= 0.6 is 11.6 Å². The van der Waals surface area contributed by atoms with Gasteiger partial charge in [0.25, 0.3) is 0 Å². The Bertz CT molecular complexity index is 364. The van der Waals surface area contributed by atoms with Gasteiger partial charge in [0, 0.05) is 11.1 Å². The summed E-state index contributed by atoms with van der Waals surface area (Å²) in [6, 6.07) is 8.32. The van der Waals surface area contributed by atoms with E-state index in [1.165, 1.54) is 31.2 Å². The van der Waals surface area contributed by atoms with Crippen molar-refractivity contribution in [1.29, 1.82) is 0 Å². The maximum Gasteiger partial charge on any atom is 0.0438 e. The lowest BCUT2D eigenvalue weighted by Gasteiger charge is -2.31. The van der Waals surface area contributed by atoms with Gasteiger partial charge in [-0.2, -0.15) is 0 Å². The monoisotopic (exact) mass is 251 g/mol. The topological polar surface area (TPSA) is 26.0 Å². The summed E-state index contributed by atoms with van der Waals surface area (Å²) in [5.41, 5.74) is 7.55. The fourth-order valence-electron chi connectivity index (χ4n) is 2.95. The van der Waals surface area contributed by atoms with Crippen LogP contribution in [0.3, 0.4) is 0 Å². The third kappa shape index (κ3) is 3.46. The second-order valence-corrected chi connectivity index (χ2v) is 5.90. The van der Waals surface area contributed by atoms with Crippen LogP contribution in [0.5, 0.6) is 0 Å². The molecular weight excluding hydrogens is 230 g/mol. The van der Waals surface area contributed by atoms with Gasteiger partial charge in [-0.25, -0.2) is 0 Å². The minimum absolute atomic E-state index is 0.262. The summed E-state index contributed by atoms with van der Waals surface area (Å²) in [6.07, 6.45) is 6.19. The number of rotatable bonds is 3. The van der Waals surface area contributed by atoms with E-state index in [0.717, 1.165) is 17.4 Å². The van der Waals surface area contributed by atoms with Gasteiger partial charge in [0.1, 0.15) is 0 Å². The normalized spacial score (nSPS) is 26.8. The van der Waals surface area contributed by atoms with Crippen molar-refractivity contribution >= 4 is 11.6 Å². The molecule has 1 saturated carbocycles. The van der Waals surface area contributed by atoms with Crippen LogP contribution in [0.25, 0.3) is 0 Å². The molecule has 0 bridgehead atoms. The Balaban J connectivity index is 1.96. The molecule has 1 aromatic carbocycles. The van der Waals surface area contributed by atoms with Crippen molar-refractivity contribution < 1.29 is 0 Å². The summed E-state index contributed by atoms with van der Waals surface area (Å²) < 4.78 is 0. The average molecular weight is 252 g/mol. The van der Waals surface area contributed by atoms with Crippen LogP contribution in [-0.4, -0.2) is 6.04 Å². The van der Waals surface area contributed by atoms with Crippen molar-refractivity contribution in [3.05, 3.63) is 34.9 Å². The molecule has 1 aromatic rings. The van der Waals surface area contributed by atoms with Gasteiger partial charge in [-0.05, 0) is 42.7 Å². The van der Waals surface area contributed by atoms with Crippen LogP contribution < -0.4 is 5.73 Å². The molecule has 0 saturated heterocycles. The highest BCUT2D eigenvalue weighted by molar-refractivity contribution is 6.31. The van der Waals surface area contributed by atoms with Crippen LogP contribution in [0.2, 0.25) is 5.02 Å². The maximum absolute atomic E-state index is 6.35. The zero-order valence-corrected chi connectivity index (χ0v) is 11.3. The predicted molar refractivity (Wildman–Crippen MR) is 74.3 cm³/mol. The highest BCUT2D eigenvalue weighted by Crippen LogP contribution is 2.31. The van der Waals surface area contributed by atoms with Gasteiger partial charge >= 0.3 is 0 Å². The van der Waals surface area contributed by atoms with E-state index in [-0.39, 0.29) is 6.04 Å². The zero-order chi connectivity index (χ0) is 12.3. The minimum atomic E-state index is 0.262. The Morgan fingerprint density at radius 2 is 2.12 bits per heavy atom. The Hall–Kier alpha value is -0.530. The van der Waals surface area contributed by atoms with Crippen LogP contribution in [0.15, 0.2) is 24.3 Å². The summed E-state index contributed by atoms with van der Waals surface area (Å²) in [5, 5.41) is 0.854. The number of hydrogen-bond donors (Lipinski definition) is 1. The average Bonchev–Trinajstić information content (AvgIpc) is 2.32. The third-order valence-electron chi connectivity index (χ3n) is 4.00. The van der Waals surface area contributed by atoms with Crippen molar-refractivity contribution in [1.82, 2.24) is 0 Å². The SMILES string of the molecule is CC1CCCC(C(N)Cc2ccccc2Cl)C1. The molecule has 0 heterocycles. The quantitative estimate of drug-likeness (QED) is 0.862. The molecular formula is C15H22ClN. The predicted octanol–water partition coefficient (Wildman–Crippen LogP) is 4.04. The van der Waals surface area contributed by atoms with E-state index in [0.29, 0.717) is 5.92 Å². The van der Waals surface area contributed by atoms with E-state index in [4.69, 9.17) is 17.3 Å². The molecule has 2 N–H and O–H groups in total. The number of halogens is 1. The molecule has 3 unspecified atom stereocenters. The standard InChI is InChI=1S/C15H22ClN/c1-11-5-4-7-13(9-11)15(17)10-12-6-2-3-8-14(12)16/h2-3,6,8,11,13,15H,4-5,7,9-10,17H2,1H3. The lowest BCUT2D eigenvalue weighted by atomic mass is 9.77. The summed E-state index contributed by atoms with van der Waals surface area (Å²) in [6.45, 7) is 2.34. The van der Waals surface area contributed by atoms with Gasteiger partial charge in [-0.15, -0.1) is 0 Å². The largest absolute Gasteiger partial charge is 0.327 e. The molecule has 1 aliphatic carbocycles. The van der Waals surface area contributed by atoms with Crippen LogP contribution in [0.1, 0.15) is 38.2 Å². The highest BCUT2D eigenvalue weighted by atomic mass is 35.5. The summed E-state index contributed by atoms with van der Waals surface area (Å²) in [4.78, 5) is 0. The fourth-order valence-corrected chi connectivity index (χ4v) is 3.17. The second-order valence-electron chi connectivity index (χ2n) is 5.49.